The van der Waals surface area contributed by atoms with Gasteiger partial charge < -0.3 is 5.32 Å². The van der Waals surface area contributed by atoms with E-state index in [9.17, 15) is 13.2 Å². The molecule has 1 aliphatic heterocycles. The molecule has 0 aliphatic carbocycles. The molecule has 1 amide bonds. The number of carbonyl (C=O) groups excluding carboxylic acids is 1. The van der Waals surface area contributed by atoms with Gasteiger partial charge in [-0.1, -0.05) is 6.07 Å². The number of sulfone groups is 1. The SMILES string of the molecule is CN(CC(=O)NCc1ccc2nonc2c1)[C@H]1CCS(=O)(=O)C1. The number of amides is 1. The summed E-state index contributed by atoms with van der Waals surface area (Å²) in [6.45, 7) is 0.548. The van der Waals surface area contributed by atoms with Crippen LogP contribution in [-0.2, 0) is 21.2 Å². The fourth-order valence-corrected chi connectivity index (χ4v) is 4.48. The summed E-state index contributed by atoms with van der Waals surface area (Å²) in [5, 5.41) is 10.3. The molecule has 1 aliphatic rings. The lowest BCUT2D eigenvalue weighted by atomic mass is 10.2. The Balaban J connectivity index is 1.51. The number of rotatable bonds is 5. The summed E-state index contributed by atoms with van der Waals surface area (Å²) in [6, 6.07) is 5.35. The second-order valence-corrected chi connectivity index (χ2v) is 8.06. The summed E-state index contributed by atoms with van der Waals surface area (Å²) in [5.41, 5.74) is 2.21. The van der Waals surface area contributed by atoms with Crippen molar-refractivity contribution in [1.82, 2.24) is 20.5 Å². The van der Waals surface area contributed by atoms with Crippen molar-refractivity contribution in [3.8, 4) is 0 Å². The summed E-state index contributed by atoms with van der Waals surface area (Å²) in [7, 11) is -1.17. The zero-order valence-electron chi connectivity index (χ0n) is 12.7. The van der Waals surface area contributed by atoms with Crippen molar-refractivity contribution < 1.29 is 17.8 Å². The van der Waals surface area contributed by atoms with E-state index in [2.05, 4.69) is 20.3 Å². The van der Waals surface area contributed by atoms with Crippen LogP contribution in [0, 0.1) is 0 Å². The van der Waals surface area contributed by atoms with E-state index in [1.165, 1.54) is 0 Å². The normalized spacial score (nSPS) is 20.2. The van der Waals surface area contributed by atoms with E-state index >= 15 is 0 Å². The number of hydrogen-bond donors (Lipinski definition) is 1. The second kappa shape index (κ2) is 6.25. The van der Waals surface area contributed by atoms with E-state index in [4.69, 9.17) is 0 Å². The van der Waals surface area contributed by atoms with E-state index in [1.54, 1.807) is 24.1 Å². The van der Waals surface area contributed by atoms with Crippen molar-refractivity contribution in [3.05, 3.63) is 23.8 Å². The first-order chi connectivity index (χ1) is 10.9. The highest BCUT2D eigenvalue weighted by molar-refractivity contribution is 7.91. The molecule has 8 nitrogen and oxygen atoms in total. The van der Waals surface area contributed by atoms with Crippen LogP contribution in [0.5, 0.6) is 0 Å². The predicted molar refractivity (Wildman–Crippen MR) is 83.3 cm³/mol. The summed E-state index contributed by atoms with van der Waals surface area (Å²) < 4.78 is 27.6. The number of fused-ring (bicyclic) bond motifs is 1. The first-order valence-corrected chi connectivity index (χ1v) is 9.14. The van der Waals surface area contributed by atoms with Gasteiger partial charge in [-0.05, 0) is 41.5 Å². The van der Waals surface area contributed by atoms with Gasteiger partial charge in [0.15, 0.2) is 9.84 Å². The zero-order chi connectivity index (χ0) is 16.4. The van der Waals surface area contributed by atoms with Crippen molar-refractivity contribution in [2.24, 2.45) is 0 Å². The van der Waals surface area contributed by atoms with Crippen molar-refractivity contribution in [3.63, 3.8) is 0 Å². The van der Waals surface area contributed by atoms with Gasteiger partial charge in [0.25, 0.3) is 0 Å². The first-order valence-electron chi connectivity index (χ1n) is 7.31. The molecule has 1 N–H and O–H groups in total. The molecule has 9 heteroatoms. The number of carbonyl (C=O) groups is 1. The number of nitrogens with one attached hydrogen (secondary N) is 1. The molecule has 1 aromatic heterocycles. The molecule has 0 unspecified atom stereocenters. The minimum absolute atomic E-state index is 0.0803. The maximum atomic E-state index is 12.0. The van der Waals surface area contributed by atoms with Crippen molar-refractivity contribution >= 4 is 26.8 Å². The van der Waals surface area contributed by atoms with Crippen LogP contribution < -0.4 is 5.32 Å². The Labute approximate surface area is 133 Å². The minimum Gasteiger partial charge on any atom is -0.351 e. The molecule has 1 aromatic carbocycles. The van der Waals surface area contributed by atoms with Gasteiger partial charge in [0.1, 0.15) is 11.0 Å². The Kier molecular flexibility index (Phi) is 4.31. The monoisotopic (exact) mass is 338 g/mol. The quantitative estimate of drug-likeness (QED) is 0.815. The number of aromatic nitrogens is 2. The smallest absolute Gasteiger partial charge is 0.234 e. The number of nitrogens with zero attached hydrogens (tertiary/aromatic N) is 3. The third kappa shape index (κ3) is 3.85. The van der Waals surface area contributed by atoms with Crippen LogP contribution in [0.15, 0.2) is 22.8 Å². The molecule has 1 atom stereocenters. The van der Waals surface area contributed by atoms with Gasteiger partial charge in [-0.25, -0.2) is 13.0 Å². The van der Waals surface area contributed by atoms with Gasteiger partial charge in [0.2, 0.25) is 5.91 Å². The average Bonchev–Trinajstić information content (AvgIpc) is 3.10. The van der Waals surface area contributed by atoms with Crippen molar-refractivity contribution in [2.45, 2.75) is 19.0 Å². The molecular weight excluding hydrogens is 320 g/mol. The molecule has 124 valence electrons. The van der Waals surface area contributed by atoms with Crippen LogP contribution in [-0.4, -0.2) is 60.7 Å². The second-order valence-electron chi connectivity index (χ2n) is 5.84. The van der Waals surface area contributed by atoms with Gasteiger partial charge in [0, 0.05) is 12.6 Å². The minimum atomic E-state index is -2.94. The summed E-state index contributed by atoms with van der Waals surface area (Å²) in [4.78, 5) is 13.8. The van der Waals surface area contributed by atoms with Crippen LogP contribution >= 0.6 is 0 Å². The molecule has 0 bridgehead atoms. The molecule has 2 heterocycles. The lowest BCUT2D eigenvalue weighted by molar-refractivity contribution is -0.122. The molecule has 1 saturated heterocycles. The third-order valence-corrected chi connectivity index (χ3v) is 5.78. The Morgan fingerprint density at radius 2 is 2.17 bits per heavy atom. The van der Waals surface area contributed by atoms with E-state index in [1.807, 2.05) is 6.07 Å². The predicted octanol–water partition coefficient (Wildman–Crippen LogP) is -0.0421. The Hall–Kier alpha value is -2.00. The number of likely N-dealkylation sites (N-methyl/N-ethyl adjacent to an activating group) is 1. The highest BCUT2D eigenvalue weighted by atomic mass is 32.2. The van der Waals surface area contributed by atoms with Gasteiger partial charge in [0.05, 0.1) is 18.1 Å². The fraction of sp³-hybridized carbons (Fsp3) is 0.500. The largest absolute Gasteiger partial charge is 0.351 e. The van der Waals surface area contributed by atoms with Crippen LogP contribution in [0.3, 0.4) is 0 Å². The zero-order valence-corrected chi connectivity index (χ0v) is 13.5. The molecule has 2 aromatic rings. The van der Waals surface area contributed by atoms with Gasteiger partial charge >= 0.3 is 0 Å². The summed E-state index contributed by atoms with van der Waals surface area (Å²) in [5.74, 6) is 0.192. The molecule has 1 fully saturated rings. The molecular formula is C14H18N4O4S. The summed E-state index contributed by atoms with van der Waals surface area (Å²) in [6.07, 6.45) is 0.585. The Morgan fingerprint density at radius 3 is 2.91 bits per heavy atom. The van der Waals surface area contributed by atoms with Gasteiger partial charge in [-0.3, -0.25) is 9.69 Å². The Morgan fingerprint density at radius 1 is 1.39 bits per heavy atom. The molecule has 23 heavy (non-hydrogen) atoms. The third-order valence-electron chi connectivity index (χ3n) is 4.03. The lowest BCUT2D eigenvalue weighted by Gasteiger charge is -2.22. The van der Waals surface area contributed by atoms with Crippen LogP contribution in [0.4, 0.5) is 0 Å². The summed E-state index contributed by atoms with van der Waals surface area (Å²) >= 11 is 0. The van der Waals surface area contributed by atoms with Gasteiger partial charge in [-0.2, -0.15) is 0 Å². The Bertz CT molecular complexity index is 817. The number of hydrogen-bond acceptors (Lipinski definition) is 7. The van der Waals surface area contributed by atoms with E-state index < -0.39 is 9.84 Å². The lowest BCUT2D eigenvalue weighted by Crippen LogP contribution is -2.41. The van der Waals surface area contributed by atoms with Crippen molar-refractivity contribution in [2.75, 3.05) is 25.1 Å². The molecule has 0 spiro atoms. The van der Waals surface area contributed by atoms with E-state index in [0.717, 1.165) is 5.56 Å². The fourth-order valence-electron chi connectivity index (χ4n) is 2.67. The standard InChI is InChI=1S/C14H18N4O4S/c1-18(11-4-5-23(20,21)9-11)8-14(19)15-7-10-2-3-12-13(6-10)17-22-16-12/h2-3,6,11H,4-5,7-9H2,1H3,(H,15,19)/t11-/m0/s1. The van der Waals surface area contributed by atoms with Crippen LogP contribution in [0.2, 0.25) is 0 Å². The van der Waals surface area contributed by atoms with E-state index in [-0.39, 0.29) is 30.0 Å². The van der Waals surface area contributed by atoms with Crippen LogP contribution in [0.1, 0.15) is 12.0 Å². The van der Waals surface area contributed by atoms with Crippen LogP contribution in [0.25, 0.3) is 11.0 Å². The maximum absolute atomic E-state index is 12.0. The maximum Gasteiger partial charge on any atom is 0.234 e. The highest BCUT2D eigenvalue weighted by Crippen LogP contribution is 2.16. The number of benzene rings is 1. The first kappa shape index (κ1) is 15.9. The average molecular weight is 338 g/mol. The van der Waals surface area contributed by atoms with Gasteiger partial charge in [-0.15, -0.1) is 0 Å². The molecule has 0 saturated carbocycles. The molecule has 0 radical (unpaired) electrons. The topological polar surface area (TPSA) is 105 Å². The van der Waals surface area contributed by atoms with E-state index in [0.29, 0.717) is 24.0 Å². The highest BCUT2D eigenvalue weighted by Gasteiger charge is 2.31. The van der Waals surface area contributed by atoms with Crippen molar-refractivity contribution in [1.29, 1.82) is 0 Å². The molecule has 3 rings (SSSR count).